The number of rotatable bonds is 1. The second-order valence-electron chi connectivity index (χ2n) is 3.52. The van der Waals surface area contributed by atoms with Gasteiger partial charge in [-0.05, 0) is 18.1 Å². The van der Waals surface area contributed by atoms with Crippen molar-refractivity contribution in [2.45, 2.75) is 13.0 Å². The van der Waals surface area contributed by atoms with Crippen molar-refractivity contribution in [1.82, 2.24) is 0 Å². The first-order valence-corrected chi connectivity index (χ1v) is 4.86. The lowest BCUT2D eigenvalue weighted by Crippen LogP contribution is -1.92. The van der Waals surface area contributed by atoms with E-state index in [0.29, 0.717) is 0 Å². The minimum Gasteiger partial charge on any atom is -0.478 e. The highest BCUT2D eigenvalue weighted by atomic mass is 16.4. The van der Waals surface area contributed by atoms with Gasteiger partial charge in [-0.3, -0.25) is 0 Å². The number of hydrogen-bond donors (Lipinski definition) is 2. The number of carboxylic acids is 1. The molecule has 0 saturated carbocycles. The van der Waals surface area contributed by atoms with Crippen LogP contribution in [-0.4, -0.2) is 16.2 Å². The Balaban J connectivity index is 0.000000187. The molecule has 0 spiro atoms. The van der Waals surface area contributed by atoms with Gasteiger partial charge >= 0.3 is 5.97 Å². The second-order valence-corrected chi connectivity index (χ2v) is 3.52. The van der Waals surface area contributed by atoms with Crippen molar-refractivity contribution in [2.75, 3.05) is 0 Å². The monoisotopic (exact) mass is 218 g/mol. The molecule has 0 heterocycles. The summed E-state index contributed by atoms with van der Waals surface area (Å²) >= 11 is 0. The quantitative estimate of drug-likeness (QED) is 0.711. The zero-order valence-corrected chi connectivity index (χ0v) is 9.05. The molecular formula is C13H14O3. The lowest BCUT2D eigenvalue weighted by atomic mass is 10.1. The minimum atomic E-state index is -0.935. The van der Waals surface area contributed by atoms with E-state index in [9.17, 15) is 9.90 Å². The first kappa shape index (κ1) is 12.2. The maximum atomic E-state index is 9.60. The highest BCUT2D eigenvalue weighted by Crippen LogP contribution is 2.26. The molecule has 2 N–H and O–H groups in total. The summed E-state index contributed by atoms with van der Waals surface area (Å²) in [5.74, 6) is -0.935. The molecule has 84 valence electrons. The lowest BCUT2D eigenvalue weighted by Gasteiger charge is -2.00. The smallest absolute Gasteiger partial charge is 0.330 e. The minimum absolute atomic E-state index is 0.176. The second kappa shape index (κ2) is 5.28. The third kappa shape index (κ3) is 3.07. The van der Waals surface area contributed by atoms with Gasteiger partial charge in [0, 0.05) is 5.57 Å². The van der Waals surface area contributed by atoms with E-state index in [1.165, 1.54) is 6.92 Å². The molecule has 1 unspecified atom stereocenters. The Hall–Kier alpha value is -1.87. The zero-order valence-electron chi connectivity index (χ0n) is 9.05. The molecule has 0 fully saturated rings. The van der Waals surface area contributed by atoms with Gasteiger partial charge in [0.2, 0.25) is 0 Å². The molecule has 0 radical (unpaired) electrons. The maximum Gasteiger partial charge on any atom is 0.330 e. The number of fused-ring (bicyclic) bond motifs is 1. The van der Waals surface area contributed by atoms with Gasteiger partial charge in [-0.1, -0.05) is 43.0 Å². The summed E-state index contributed by atoms with van der Waals surface area (Å²) in [7, 11) is 0. The molecule has 1 aliphatic rings. The predicted octanol–water partition coefficient (Wildman–Crippen LogP) is 2.39. The van der Waals surface area contributed by atoms with Gasteiger partial charge in [-0.15, -0.1) is 0 Å². The SMILES string of the molecule is C=C(C)C(=O)O.OC1C=Cc2ccccc21. The average Bonchev–Trinajstić information content (AvgIpc) is 2.62. The van der Waals surface area contributed by atoms with Crippen LogP contribution >= 0.6 is 0 Å². The van der Waals surface area contributed by atoms with Crippen LogP contribution in [0.5, 0.6) is 0 Å². The molecule has 1 aromatic carbocycles. The largest absolute Gasteiger partial charge is 0.478 e. The Labute approximate surface area is 94.4 Å². The van der Waals surface area contributed by atoms with Crippen LogP contribution in [-0.2, 0) is 4.79 Å². The zero-order chi connectivity index (χ0) is 12.1. The number of aliphatic carboxylic acids is 1. The van der Waals surface area contributed by atoms with Gasteiger partial charge in [0.25, 0.3) is 0 Å². The van der Waals surface area contributed by atoms with Crippen molar-refractivity contribution in [3.8, 4) is 0 Å². The molecule has 16 heavy (non-hydrogen) atoms. The number of aliphatic hydroxyl groups is 1. The summed E-state index contributed by atoms with van der Waals surface area (Å²) in [5.41, 5.74) is 2.33. The van der Waals surface area contributed by atoms with E-state index in [1.54, 1.807) is 6.08 Å². The van der Waals surface area contributed by atoms with E-state index in [-0.39, 0.29) is 11.7 Å². The molecule has 3 heteroatoms. The van der Waals surface area contributed by atoms with E-state index in [4.69, 9.17) is 5.11 Å². The summed E-state index contributed by atoms with van der Waals surface area (Å²) < 4.78 is 0. The molecule has 1 atom stereocenters. The van der Waals surface area contributed by atoms with Gasteiger partial charge in [0.05, 0.1) is 6.10 Å². The molecule has 0 aliphatic heterocycles. The third-order valence-corrected chi connectivity index (χ3v) is 2.14. The van der Waals surface area contributed by atoms with Crippen LogP contribution in [0.15, 0.2) is 42.5 Å². The van der Waals surface area contributed by atoms with Crippen LogP contribution in [0, 0.1) is 0 Å². The molecule has 0 aromatic heterocycles. The molecule has 3 nitrogen and oxygen atoms in total. The van der Waals surface area contributed by atoms with E-state index < -0.39 is 5.97 Å². The van der Waals surface area contributed by atoms with Gasteiger partial charge < -0.3 is 10.2 Å². The Kier molecular flexibility index (Phi) is 4.03. The molecule has 0 amide bonds. The van der Waals surface area contributed by atoms with E-state index in [1.807, 2.05) is 30.3 Å². The van der Waals surface area contributed by atoms with Gasteiger partial charge in [0.15, 0.2) is 0 Å². The van der Waals surface area contributed by atoms with Crippen molar-refractivity contribution in [1.29, 1.82) is 0 Å². The van der Waals surface area contributed by atoms with Crippen LogP contribution in [0.4, 0.5) is 0 Å². The summed E-state index contributed by atoms with van der Waals surface area (Å²) in [6.45, 7) is 4.60. The lowest BCUT2D eigenvalue weighted by molar-refractivity contribution is -0.132. The van der Waals surface area contributed by atoms with Crippen molar-refractivity contribution >= 4 is 12.0 Å². The number of carbonyl (C=O) groups is 1. The van der Waals surface area contributed by atoms with Gasteiger partial charge in [-0.25, -0.2) is 4.79 Å². The maximum absolute atomic E-state index is 9.60. The standard InChI is InChI=1S/C9H8O.C4H6O2/c10-9-6-5-7-3-1-2-4-8(7)9;1-3(2)4(5)6/h1-6,9-10H;1H2,2H3,(H,5,6). The summed E-state index contributed by atoms with van der Waals surface area (Å²) in [6, 6.07) is 7.86. The van der Waals surface area contributed by atoms with Crippen LogP contribution in [0.2, 0.25) is 0 Å². The van der Waals surface area contributed by atoms with Gasteiger partial charge in [0.1, 0.15) is 0 Å². The summed E-state index contributed by atoms with van der Waals surface area (Å²) in [4.78, 5) is 9.60. The summed E-state index contributed by atoms with van der Waals surface area (Å²) in [6.07, 6.45) is 3.36. The fourth-order valence-corrected chi connectivity index (χ4v) is 1.23. The Bertz CT molecular complexity index is 421. The number of benzene rings is 1. The molecular weight excluding hydrogens is 204 g/mol. The van der Waals surface area contributed by atoms with E-state index >= 15 is 0 Å². The first-order chi connectivity index (χ1) is 7.52. The number of aliphatic hydroxyl groups excluding tert-OH is 1. The Morgan fingerprint density at radius 3 is 2.44 bits per heavy atom. The molecule has 0 bridgehead atoms. The Morgan fingerprint density at radius 2 is 1.94 bits per heavy atom. The van der Waals surface area contributed by atoms with E-state index in [0.717, 1.165) is 11.1 Å². The first-order valence-electron chi connectivity index (χ1n) is 4.86. The van der Waals surface area contributed by atoms with Crippen molar-refractivity contribution in [3.63, 3.8) is 0 Å². The topological polar surface area (TPSA) is 57.5 Å². The van der Waals surface area contributed by atoms with Crippen LogP contribution < -0.4 is 0 Å². The van der Waals surface area contributed by atoms with E-state index in [2.05, 4.69) is 6.58 Å². The van der Waals surface area contributed by atoms with Gasteiger partial charge in [-0.2, -0.15) is 0 Å². The highest BCUT2D eigenvalue weighted by Gasteiger charge is 2.11. The van der Waals surface area contributed by atoms with Crippen LogP contribution in [0.25, 0.3) is 6.08 Å². The normalized spacial score (nSPS) is 16.0. The molecule has 1 aliphatic carbocycles. The fraction of sp³-hybridized carbons (Fsp3) is 0.154. The third-order valence-electron chi connectivity index (χ3n) is 2.14. The number of hydrogen-bond acceptors (Lipinski definition) is 2. The van der Waals surface area contributed by atoms with Crippen molar-refractivity contribution < 1.29 is 15.0 Å². The van der Waals surface area contributed by atoms with Crippen LogP contribution in [0.3, 0.4) is 0 Å². The highest BCUT2D eigenvalue weighted by molar-refractivity contribution is 5.84. The number of carboxylic acid groups (broad SMARTS) is 1. The fourth-order valence-electron chi connectivity index (χ4n) is 1.23. The molecule has 2 rings (SSSR count). The molecule has 0 saturated heterocycles. The predicted molar refractivity (Wildman–Crippen MR) is 62.9 cm³/mol. The summed E-state index contributed by atoms with van der Waals surface area (Å²) in [5, 5.41) is 17.2. The van der Waals surface area contributed by atoms with Crippen LogP contribution in [0.1, 0.15) is 24.2 Å². The average molecular weight is 218 g/mol. The van der Waals surface area contributed by atoms with Crippen molar-refractivity contribution in [3.05, 3.63) is 53.6 Å². The Morgan fingerprint density at radius 1 is 1.38 bits per heavy atom. The molecule has 1 aromatic rings. The van der Waals surface area contributed by atoms with Crippen molar-refractivity contribution in [2.24, 2.45) is 0 Å².